The number of nitrogens with one attached hydrogen (secondary N) is 1. The zero-order valence-corrected chi connectivity index (χ0v) is 7.14. The molecule has 1 aromatic carbocycles. The highest BCUT2D eigenvalue weighted by molar-refractivity contribution is 5.92. The third-order valence-corrected chi connectivity index (χ3v) is 1.93. The number of hydrazine groups is 1. The van der Waals surface area contributed by atoms with Gasteiger partial charge in [0.05, 0.1) is 16.6 Å². The molecule has 0 unspecified atom stereocenters. The minimum Gasteiger partial charge on any atom is -0.478 e. The molecule has 14 heavy (non-hydrogen) atoms. The summed E-state index contributed by atoms with van der Waals surface area (Å²) < 4.78 is 1.50. The lowest BCUT2D eigenvalue weighted by molar-refractivity contribution is 0.0697. The van der Waals surface area contributed by atoms with Crippen LogP contribution in [0.4, 0.5) is 0 Å². The summed E-state index contributed by atoms with van der Waals surface area (Å²) in [5.74, 6) is 4.24. The van der Waals surface area contributed by atoms with Crippen molar-refractivity contribution in [3.8, 4) is 0 Å². The number of nitrogens with two attached hydrogens (primary N) is 1. The van der Waals surface area contributed by atoms with E-state index in [2.05, 4.69) is 10.5 Å². The minimum absolute atomic E-state index is 0.208. The van der Waals surface area contributed by atoms with Crippen molar-refractivity contribution in [2.45, 2.75) is 0 Å². The smallest absolute Gasteiger partial charge is 0.335 e. The van der Waals surface area contributed by atoms with Gasteiger partial charge in [-0.2, -0.15) is 0 Å². The van der Waals surface area contributed by atoms with Gasteiger partial charge in [-0.05, 0) is 18.2 Å². The van der Waals surface area contributed by atoms with Crippen molar-refractivity contribution in [2.75, 3.05) is 5.53 Å². The van der Waals surface area contributed by atoms with Gasteiger partial charge in [0, 0.05) is 0 Å². The number of carbonyl (C=O) groups is 1. The first-order chi connectivity index (χ1) is 6.72. The Kier molecular flexibility index (Phi) is 1.83. The van der Waals surface area contributed by atoms with Crippen LogP contribution in [0.15, 0.2) is 24.5 Å². The molecule has 0 fully saturated rings. The van der Waals surface area contributed by atoms with Crippen LogP contribution in [0.3, 0.4) is 0 Å². The van der Waals surface area contributed by atoms with E-state index in [1.54, 1.807) is 6.07 Å². The topological polar surface area (TPSA) is 93.2 Å². The number of rotatable bonds is 2. The van der Waals surface area contributed by atoms with Crippen molar-refractivity contribution in [2.24, 2.45) is 5.84 Å². The highest BCUT2D eigenvalue weighted by atomic mass is 16.4. The van der Waals surface area contributed by atoms with E-state index in [9.17, 15) is 4.79 Å². The molecule has 0 radical (unpaired) electrons. The molecule has 0 bridgehead atoms. The van der Waals surface area contributed by atoms with Crippen molar-refractivity contribution >= 4 is 17.0 Å². The molecule has 4 N–H and O–H groups in total. The summed E-state index contributed by atoms with van der Waals surface area (Å²) in [6.45, 7) is 0. The van der Waals surface area contributed by atoms with E-state index in [4.69, 9.17) is 10.9 Å². The Morgan fingerprint density at radius 1 is 1.57 bits per heavy atom. The Bertz CT molecular complexity index is 491. The molecule has 1 heterocycles. The number of carboxylic acid groups (broad SMARTS) is 1. The second-order valence-electron chi connectivity index (χ2n) is 2.75. The number of benzene rings is 1. The molecule has 0 saturated carbocycles. The number of carboxylic acids is 1. The Labute approximate surface area is 78.9 Å². The minimum atomic E-state index is -0.970. The van der Waals surface area contributed by atoms with Gasteiger partial charge in [-0.25, -0.2) is 20.3 Å². The lowest BCUT2D eigenvalue weighted by Crippen LogP contribution is -2.20. The normalized spacial score (nSPS) is 10.4. The van der Waals surface area contributed by atoms with Crippen LogP contribution >= 0.6 is 0 Å². The Morgan fingerprint density at radius 3 is 3.00 bits per heavy atom. The summed E-state index contributed by atoms with van der Waals surface area (Å²) >= 11 is 0. The van der Waals surface area contributed by atoms with Crippen LogP contribution in [0.25, 0.3) is 11.0 Å². The molecule has 2 aromatic rings. The SMILES string of the molecule is NNn1cnc2cc(C(=O)O)ccc21. The van der Waals surface area contributed by atoms with Crippen LogP contribution in [0.5, 0.6) is 0 Å². The van der Waals surface area contributed by atoms with Crippen molar-refractivity contribution in [1.82, 2.24) is 9.66 Å². The zero-order valence-electron chi connectivity index (χ0n) is 7.14. The quantitative estimate of drug-likeness (QED) is 0.465. The summed E-state index contributed by atoms with van der Waals surface area (Å²) in [5.41, 5.74) is 3.93. The predicted molar refractivity (Wildman–Crippen MR) is 50.2 cm³/mol. The summed E-state index contributed by atoms with van der Waals surface area (Å²) in [6.07, 6.45) is 1.48. The van der Waals surface area contributed by atoms with E-state index < -0.39 is 5.97 Å². The fourth-order valence-electron chi connectivity index (χ4n) is 1.25. The van der Waals surface area contributed by atoms with Crippen molar-refractivity contribution < 1.29 is 9.90 Å². The van der Waals surface area contributed by atoms with E-state index in [1.165, 1.54) is 23.1 Å². The molecule has 0 saturated heterocycles. The third kappa shape index (κ3) is 1.17. The fourth-order valence-corrected chi connectivity index (χ4v) is 1.25. The molecule has 0 spiro atoms. The van der Waals surface area contributed by atoms with Crippen LogP contribution in [-0.2, 0) is 0 Å². The largest absolute Gasteiger partial charge is 0.478 e. The van der Waals surface area contributed by atoms with Crippen LogP contribution in [0.2, 0.25) is 0 Å². The van der Waals surface area contributed by atoms with Crippen LogP contribution < -0.4 is 11.4 Å². The van der Waals surface area contributed by atoms with Gasteiger partial charge >= 0.3 is 5.97 Å². The molecule has 0 aliphatic carbocycles. The first-order valence-electron chi connectivity index (χ1n) is 3.89. The van der Waals surface area contributed by atoms with Gasteiger partial charge in [-0.1, -0.05) is 0 Å². The second-order valence-corrected chi connectivity index (χ2v) is 2.75. The molecular weight excluding hydrogens is 184 g/mol. The Balaban J connectivity index is 2.63. The van der Waals surface area contributed by atoms with Crippen LogP contribution in [-0.4, -0.2) is 20.7 Å². The molecule has 0 atom stereocenters. The first kappa shape index (κ1) is 8.52. The van der Waals surface area contributed by atoms with Crippen molar-refractivity contribution in [1.29, 1.82) is 0 Å². The lowest BCUT2D eigenvalue weighted by Gasteiger charge is -2.00. The maximum absolute atomic E-state index is 10.6. The summed E-state index contributed by atoms with van der Waals surface area (Å²) in [7, 11) is 0. The number of aromatic nitrogens is 2. The van der Waals surface area contributed by atoms with Gasteiger partial charge in [0.1, 0.15) is 6.33 Å². The Morgan fingerprint density at radius 2 is 2.36 bits per heavy atom. The molecule has 0 aliphatic heterocycles. The molecule has 6 heteroatoms. The van der Waals surface area contributed by atoms with E-state index in [0.29, 0.717) is 5.52 Å². The number of aromatic carboxylic acids is 1. The summed E-state index contributed by atoms with van der Waals surface area (Å²) in [5, 5.41) is 8.73. The number of nitrogen functional groups attached to an aromatic ring is 1. The molecule has 6 nitrogen and oxygen atoms in total. The maximum Gasteiger partial charge on any atom is 0.335 e. The highest BCUT2D eigenvalue weighted by Crippen LogP contribution is 2.13. The first-order valence-corrected chi connectivity index (χ1v) is 3.89. The Hall–Kier alpha value is -2.08. The molecule has 0 amide bonds. The average Bonchev–Trinajstić information content (AvgIpc) is 2.59. The van der Waals surface area contributed by atoms with Gasteiger partial charge < -0.3 is 5.11 Å². The molecule has 1 aromatic heterocycles. The molecule has 72 valence electrons. The van der Waals surface area contributed by atoms with E-state index in [0.717, 1.165) is 5.52 Å². The fraction of sp³-hybridized carbons (Fsp3) is 0. The second kappa shape index (κ2) is 3.00. The van der Waals surface area contributed by atoms with Crippen molar-refractivity contribution in [3.63, 3.8) is 0 Å². The van der Waals surface area contributed by atoms with Gasteiger partial charge in [0.2, 0.25) is 0 Å². The molecular formula is C8H8N4O2. The predicted octanol–water partition coefficient (Wildman–Crippen LogP) is 0.152. The summed E-state index contributed by atoms with van der Waals surface area (Å²) in [4.78, 5) is 14.6. The standard InChI is InChI=1S/C8H8N4O2/c9-11-12-4-10-6-3-5(8(13)14)1-2-7(6)12/h1-4,11H,9H2,(H,13,14). The van der Waals surface area contributed by atoms with Gasteiger partial charge in [0.15, 0.2) is 0 Å². The van der Waals surface area contributed by atoms with Gasteiger partial charge in [0.25, 0.3) is 0 Å². The number of hydrogen-bond donors (Lipinski definition) is 3. The maximum atomic E-state index is 10.6. The van der Waals surface area contributed by atoms with Crippen LogP contribution in [0, 0.1) is 0 Å². The lowest BCUT2D eigenvalue weighted by atomic mass is 10.2. The van der Waals surface area contributed by atoms with Crippen molar-refractivity contribution in [3.05, 3.63) is 30.1 Å². The van der Waals surface area contributed by atoms with Gasteiger partial charge in [-0.3, -0.25) is 5.53 Å². The molecule has 2 rings (SSSR count). The number of hydrogen-bond acceptors (Lipinski definition) is 4. The molecule has 0 aliphatic rings. The summed E-state index contributed by atoms with van der Waals surface area (Å²) in [6, 6.07) is 4.64. The zero-order chi connectivity index (χ0) is 10.1. The average molecular weight is 192 g/mol. The number of imidazole rings is 1. The van der Waals surface area contributed by atoms with E-state index in [-0.39, 0.29) is 5.56 Å². The van der Waals surface area contributed by atoms with Crippen LogP contribution in [0.1, 0.15) is 10.4 Å². The number of fused-ring (bicyclic) bond motifs is 1. The van der Waals surface area contributed by atoms with E-state index >= 15 is 0 Å². The monoisotopic (exact) mass is 192 g/mol. The van der Waals surface area contributed by atoms with E-state index in [1.807, 2.05) is 0 Å². The highest BCUT2D eigenvalue weighted by Gasteiger charge is 2.06. The third-order valence-electron chi connectivity index (χ3n) is 1.93. The number of nitrogens with zero attached hydrogens (tertiary/aromatic N) is 2. The van der Waals surface area contributed by atoms with Gasteiger partial charge in [-0.15, -0.1) is 0 Å².